The van der Waals surface area contributed by atoms with Gasteiger partial charge in [0.25, 0.3) is 11.5 Å². The molecule has 5 N–H and O–H groups in total. The van der Waals surface area contributed by atoms with Crippen LogP contribution < -0.4 is 31.4 Å². The largest absolute Gasteiger partial charge is 0.493 e. The molecule has 3 aromatic rings. The Morgan fingerprint density at radius 1 is 1.06 bits per heavy atom. The molecule has 0 spiro atoms. The zero-order chi connectivity index (χ0) is 24.7. The molecule has 10 heteroatoms. The van der Waals surface area contributed by atoms with Crippen LogP contribution in [-0.2, 0) is 19.6 Å². The minimum absolute atomic E-state index is 0.0860. The molecule has 2 aromatic carbocycles. The number of rotatable bonds is 11. The lowest BCUT2D eigenvalue weighted by Crippen LogP contribution is -3.08. The SMILES string of the molecule is CCn1c([NH3+])c([NH+](COc2ccccc2OC)Cc2ccc(Cl)cc2)c(=O)n(CCCO)c1=O. The van der Waals surface area contributed by atoms with Gasteiger partial charge in [-0.25, -0.2) is 9.36 Å². The highest BCUT2D eigenvalue weighted by Crippen LogP contribution is 2.25. The van der Waals surface area contributed by atoms with E-state index in [1.165, 1.54) is 4.57 Å². The number of nitrogens with zero attached hydrogens (tertiary/aromatic N) is 2. The van der Waals surface area contributed by atoms with Crippen LogP contribution in [0.15, 0.2) is 58.1 Å². The van der Waals surface area contributed by atoms with Gasteiger partial charge >= 0.3 is 11.2 Å². The van der Waals surface area contributed by atoms with Gasteiger partial charge in [0.2, 0.25) is 6.73 Å². The van der Waals surface area contributed by atoms with Crippen molar-refractivity contribution in [1.29, 1.82) is 0 Å². The van der Waals surface area contributed by atoms with E-state index in [-0.39, 0.29) is 19.9 Å². The Bertz CT molecular complexity index is 1220. The normalized spacial score (nSPS) is 11.9. The number of aromatic nitrogens is 2. The third-order valence-corrected chi connectivity index (χ3v) is 5.80. The van der Waals surface area contributed by atoms with E-state index < -0.39 is 11.2 Å². The first kappa shape index (κ1) is 25.5. The zero-order valence-corrected chi connectivity index (χ0v) is 20.2. The number of ether oxygens (including phenoxy) is 2. The van der Waals surface area contributed by atoms with Crippen molar-refractivity contribution in [2.24, 2.45) is 0 Å². The van der Waals surface area contributed by atoms with Crippen LogP contribution in [0.2, 0.25) is 5.02 Å². The summed E-state index contributed by atoms with van der Waals surface area (Å²) in [4.78, 5) is 27.1. The minimum Gasteiger partial charge on any atom is -0.493 e. The number of hydrogen-bond acceptors (Lipinski definition) is 5. The van der Waals surface area contributed by atoms with Crippen LogP contribution in [0.5, 0.6) is 11.5 Å². The summed E-state index contributed by atoms with van der Waals surface area (Å²) in [6, 6.07) is 14.6. The van der Waals surface area contributed by atoms with Crippen molar-refractivity contribution in [2.45, 2.75) is 33.0 Å². The van der Waals surface area contributed by atoms with Crippen molar-refractivity contribution in [1.82, 2.24) is 9.13 Å². The quantitative estimate of drug-likeness (QED) is 0.342. The molecular weight excluding hydrogens is 460 g/mol. The molecule has 0 aliphatic heterocycles. The standard InChI is InChI=1S/C24H29ClN4O5/c1-3-28-22(26)21(23(31)29(24(28)32)13-6-14-30)27(15-17-9-11-18(25)12-10-17)16-34-20-8-5-4-7-19(20)33-2/h4-5,7-12,30H,3,6,13-16,26H2,1-2H3/p+2. The van der Waals surface area contributed by atoms with Gasteiger partial charge in [0.05, 0.1) is 7.11 Å². The van der Waals surface area contributed by atoms with Crippen LogP contribution >= 0.6 is 11.6 Å². The Hall–Kier alpha value is -3.11. The second-order valence-electron chi connectivity index (χ2n) is 7.73. The predicted octanol–water partition coefficient (Wildman–Crippen LogP) is 0.701. The van der Waals surface area contributed by atoms with Crippen molar-refractivity contribution < 1.29 is 25.2 Å². The number of quaternary nitrogens is 2. The first-order chi connectivity index (χ1) is 16.4. The fourth-order valence-electron chi connectivity index (χ4n) is 3.81. The lowest BCUT2D eigenvalue weighted by atomic mass is 10.2. The Morgan fingerprint density at radius 2 is 1.74 bits per heavy atom. The lowest BCUT2D eigenvalue weighted by molar-refractivity contribution is -0.866. The van der Waals surface area contributed by atoms with Gasteiger partial charge in [-0.3, -0.25) is 14.3 Å². The van der Waals surface area contributed by atoms with Crippen molar-refractivity contribution in [2.75, 3.05) is 20.4 Å². The van der Waals surface area contributed by atoms with Crippen molar-refractivity contribution >= 4 is 23.1 Å². The van der Waals surface area contributed by atoms with Crippen LogP contribution in [0, 0.1) is 0 Å². The third-order valence-electron chi connectivity index (χ3n) is 5.55. The van der Waals surface area contributed by atoms with Crippen LogP contribution in [0.4, 0.5) is 11.5 Å². The molecule has 0 saturated carbocycles. The van der Waals surface area contributed by atoms with Crippen molar-refractivity contribution in [3.8, 4) is 11.5 Å². The van der Waals surface area contributed by atoms with Crippen molar-refractivity contribution in [3.05, 3.63) is 80.0 Å². The summed E-state index contributed by atoms with van der Waals surface area (Å²) in [5, 5.41) is 9.87. The molecule has 3 rings (SSSR count). The molecule has 0 amide bonds. The minimum atomic E-state index is -0.444. The fraction of sp³-hybridized carbons (Fsp3) is 0.333. The monoisotopic (exact) mass is 490 g/mol. The average Bonchev–Trinajstić information content (AvgIpc) is 2.84. The van der Waals surface area contributed by atoms with E-state index in [1.54, 1.807) is 31.4 Å². The first-order valence-corrected chi connectivity index (χ1v) is 11.4. The first-order valence-electron chi connectivity index (χ1n) is 11.1. The van der Waals surface area contributed by atoms with E-state index in [2.05, 4.69) is 5.73 Å². The molecule has 1 unspecified atom stereocenters. The van der Waals surface area contributed by atoms with Gasteiger partial charge in [-0.05, 0) is 37.6 Å². The molecule has 1 heterocycles. The number of halogens is 1. The van der Waals surface area contributed by atoms with E-state index in [4.69, 9.17) is 21.1 Å². The van der Waals surface area contributed by atoms with Crippen LogP contribution in [-0.4, -0.2) is 34.7 Å². The van der Waals surface area contributed by atoms with Gasteiger partial charge in [-0.15, -0.1) is 0 Å². The van der Waals surface area contributed by atoms with Crippen LogP contribution in [0.1, 0.15) is 18.9 Å². The third kappa shape index (κ3) is 5.68. The molecule has 0 saturated heterocycles. The molecule has 0 aliphatic rings. The van der Waals surface area contributed by atoms with E-state index in [9.17, 15) is 14.7 Å². The number of benzene rings is 2. The molecule has 34 heavy (non-hydrogen) atoms. The van der Waals surface area contributed by atoms with E-state index >= 15 is 0 Å². The maximum atomic E-state index is 13.5. The number of hydrogen-bond donors (Lipinski definition) is 3. The van der Waals surface area contributed by atoms with Gasteiger partial charge in [0.15, 0.2) is 11.5 Å². The second kappa shape index (κ2) is 11.8. The summed E-state index contributed by atoms with van der Waals surface area (Å²) in [6.07, 6.45) is 0.291. The summed E-state index contributed by atoms with van der Waals surface area (Å²) in [7, 11) is 1.56. The highest BCUT2D eigenvalue weighted by molar-refractivity contribution is 6.30. The predicted molar refractivity (Wildman–Crippen MR) is 129 cm³/mol. The summed E-state index contributed by atoms with van der Waals surface area (Å²) < 4.78 is 14.1. The van der Waals surface area contributed by atoms with Gasteiger partial charge in [0.1, 0.15) is 6.54 Å². The molecule has 9 nitrogen and oxygen atoms in total. The maximum Gasteiger partial charge on any atom is 0.335 e. The number of para-hydroxylation sites is 2. The second-order valence-corrected chi connectivity index (χ2v) is 8.17. The number of aliphatic hydroxyl groups is 1. The summed E-state index contributed by atoms with van der Waals surface area (Å²) in [5.41, 5.74) is 4.46. The van der Waals surface area contributed by atoms with Crippen LogP contribution in [0.25, 0.3) is 0 Å². The maximum absolute atomic E-state index is 13.5. The van der Waals surface area contributed by atoms with Gasteiger partial charge in [0, 0.05) is 30.3 Å². The number of aliphatic hydroxyl groups excluding tert-OH is 1. The highest BCUT2D eigenvalue weighted by atomic mass is 35.5. The number of methoxy groups -OCH3 is 1. The Morgan fingerprint density at radius 3 is 2.35 bits per heavy atom. The fourth-order valence-corrected chi connectivity index (χ4v) is 3.94. The molecule has 1 atom stereocenters. The molecule has 0 bridgehead atoms. The molecule has 1 aromatic heterocycles. The molecular formula is C24H31ClN4O5+2. The summed E-state index contributed by atoms with van der Waals surface area (Å²) in [5.74, 6) is 1.45. The highest BCUT2D eigenvalue weighted by Gasteiger charge is 2.29. The summed E-state index contributed by atoms with van der Waals surface area (Å²) >= 11 is 6.05. The topological polar surface area (TPSA) is 115 Å². The smallest absolute Gasteiger partial charge is 0.335 e. The Balaban J connectivity index is 2.09. The Labute approximate surface area is 202 Å². The van der Waals surface area contributed by atoms with Gasteiger partial charge in [-0.1, -0.05) is 35.9 Å². The molecule has 182 valence electrons. The average molecular weight is 491 g/mol. The zero-order valence-electron chi connectivity index (χ0n) is 19.4. The van der Waals surface area contributed by atoms with E-state index in [0.717, 1.165) is 10.1 Å². The molecule has 0 aliphatic carbocycles. The lowest BCUT2D eigenvalue weighted by Gasteiger charge is -2.21. The van der Waals surface area contributed by atoms with Crippen molar-refractivity contribution in [3.63, 3.8) is 0 Å². The number of nitrogens with one attached hydrogen (secondary N) is 1. The molecule has 0 radical (unpaired) electrons. The Kier molecular flexibility index (Phi) is 8.89. The van der Waals surface area contributed by atoms with Gasteiger partial charge < -0.3 is 20.3 Å². The van der Waals surface area contributed by atoms with E-state index in [0.29, 0.717) is 52.4 Å². The molecule has 0 fully saturated rings. The van der Waals surface area contributed by atoms with E-state index in [1.807, 2.05) is 31.2 Å². The van der Waals surface area contributed by atoms with Gasteiger partial charge in [-0.2, -0.15) is 0 Å². The summed E-state index contributed by atoms with van der Waals surface area (Å²) in [6.45, 7) is 2.64. The van der Waals surface area contributed by atoms with Crippen LogP contribution in [0.3, 0.4) is 0 Å².